The van der Waals surface area contributed by atoms with Crippen molar-refractivity contribution in [3.05, 3.63) is 75.8 Å². The second-order valence-corrected chi connectivity index (χ2v) is 11.2. The maximum absolute atomic E-state index is 12.6. The molecular weight excluding hydrogens is 462 g/mol. The van der Waals surface area contributed by atoms with Gasteiger partial charge in [0.2, 0.25) is 0 Å². The molecule has 3 aromatic carbocycles. The molecule has 0 aliphatic rings. The van der Waals surface area contributed by atoms with Crippen LogP contribution in [0.3, 0.4) is 0 Å². The summed E-state index contributed by atoms with van der Waals surface area (Å²) in [5.74, 6) is -0.340. The molecule has 0 unspecified atom stereocenters. The second-order valence-electron chi connectivity index (χ2n) is 10.4. The third kappa shape index (κ3) is 3.65. The van der Waals surface area contributed by atoms with Gasteiger partial charge < -0.3 is 9.30 Å². The van der Waals surface area contributed by atoms with Gasteiger partial charge >= 0.3 is 5.97 Å². The Morgan fingerprint density at radius 1 is 0.875 bits per heavy atom. The fraction of sp³-hybridized carbons (Fsp3) is 0.321. The summed E-state index contributed by atoms with van der Waals surface area (Å²) in [5.41, 5.74) is 6.04. The van der Waals surface area contributed by atoms with Gasteiger partial charge in [-0.05, 0) is 68.2 Å². The number of hydrogen-bond acceptors (Lipinski definition) is 2. The Hall–Kier alpha value is -2.59. The minimum atomic E-state index is -0.340. The van der Waals surface area contributed by atoms with Crippen molar-refractivity contribution in [2.45, 2.75) is 52.4 Å². The number of carbonyl (C=O) groups is 1. The first-order chi connectivity index (χ1) is 14.9. The lowest BCUT2D eigenvalue weighted by molar-refractivity contribution is 0.0601. The van der Waals surface area contributed by atoms with E-state index in [1.807, 2.05) is 24.3 Å². The average Bonchev–Trinajstić information content (AvgIpc) is 3.06. The van der Waals surface area contributed by atoms with Crippen molar-refractivity contribution in [3.8, 4) is 5.69 Å². The van der Waals surface area contributed by atoms with Crippen molar-refractivity contribution in [1.82, 2.24) is 4.57 Å². The minimum Gasteiger partial charge on any atom is -0.465 e. The number of benzene rings is 3. The summed E-state index contributed by atoms with van der Waals surface area (Å²) in [6.07, 6.45) is 0. The average molecular weight is 492 g/mol. The van der Waals surface area contributed by atoms with E-state index >= 15 is 0 Å². The van der Waals surface area contributed by atoms with E-state index in [9.17, 15) is 4.79 Å². The Morgan fingerprint density at radius 3 is 2.16 bits per heavy atom. The topological polar surface area (TPSA) is 31.2 Å². The van der Waals surface area contributed by atoms with Crippen LogP contribution in [-0.2, 0) is 15.6 Å². The molecular formula is C28H30BrNO2. The highest BCUT2D eigenvalue weighted by Gasteiger charge is 2.25. The molecule has 4 rings (SSSR count). The summed E-state index contributed by atoms with van der Waals surface area (Å²) in [6.45, 7) is 13.4. The molecule has 166 valence electrons. The Labute approximate surface area is 198 Å². The molecule has 0 fully saturated rings. The third-order valence-corrected chi connectivity index (χ3v) is 6.92. The molecule has 4 aromatic rings. The van der Waals surface area contributed by atoms with Crippen LogP contribution in [-0.4, -0.2) is 17.6 Å². The molecule has 0 saturated heterocycles. The number of aromatic nitrogens is 1. The lowest BCUT2D eigenvalue weighted by Crippen LogP contribution is -2.12. The standard InChI is InChI=1S/C28H30BrNO2/c1-27(2,3)17-12-14-22-19(16-17)24-23(15-13-20(25(24)29)28(4,5)6)30(22)21-11-9-8-10-18(21)26(31)32-7/h8-16H,1-7H3. The number of nitrogens with zero attached hydrogens (tertiary/aromatic N) is 1. The van der Waals surface area contributed by atoms with Crippen molar-refractivity contribution in [1.29, 1.82) is 0 Å². The van der Waals surface area contributed by atoms with E-state index in [1.54, 1.807) is 0 Å². The predicted molar refractivity (Wildman–Crippen MR) is 137 cm³/mol. The van der Waals surface area contributed by atoms with E-state index in [0.29, 0.717) is 5.56 Å². The number of para-hydroxylation sites is 1. The molecule has 0 N–H and O–H groups in total. The zero-order chi connectivity index (χ0) is 23.4. The van der Waals surface area contributed by atoms with Crippen LogP contribution in [0, 0.1) is 0 Å². The quantitative estimate of drug-likeness (QED) is 0.266. The lowest BCUT2D eigenvalue weighted by Gasteiger charge is -2.22. The van der Waals surface area contributed by atoms with Gasteiger partial charge in [0.05, 0.1) is 29.4 Å². The SMILES string of the molecule is COC(=O)c1ccccc1-n1c2ccc(C(C)(C)C)cc2c2c(Br)c(C(C)(C)C)ccc21. The zero-order valence-corrected chi connectivity index (χ0v) is 21.4. The van der Waals surface area contributed by atoms with Gasteiger partial charge in [0, 0.05) is 15.2 Å². The van der Waals surface area contributed by atoms with Crippen molar-refractivity contribution in [2.75, 3.05) is 7.11 Å². The number of rotatable bonds is 2. The van der Waals surface area contributed by atoms with Gasteiger partial charge in [0.25, 0.3) is 0 Å². The Kier molecular flexibility index (Phi) is 5.49. The number of carbonyl (C=O) groups excluding carboxylic acids is 1. The summed E-state index contributed by atoms with van der Waals surface area (Å²) in [5, 5.41) is 2.34. The molecule has 0 saturated carbocycles. The molecule has 32 heavy (non-hydrogen) atoms. The second kappa shape index (κ2) is 7.77. The molecule has 0 atom stereocenters. The molecule has 0 amide bonds. The maximum atomic E-state index is 12.6. The van der Waals surface area contributed by atoms with Crippen molar-refractivity contribution in [2.24, 2.45) is 0 Å². The van der Waals surface area contributed by atoms with E-state index in [4.69, 9.17) is 4.74 Å². The van der Waals surface area contributed by atoms with Crippen LogP contribution in [0.1, 0.15) is 63.0 Å². The number of ether oxygens (including phenoxy) is 1. The Bertz CT molecular complexity index is 1350. The molecule has 0 aliphatic carbocycles. The van der Waals surface area contributed by atoms with Crippen LogP contribution in [0.4, 0.5) is 0 Å². The molecule has 4 heteroatoms. The first kappa shape index (κ1) is 22.6. The van der Waals surface area contributed by atoms with E-state index in [-0.39, 0.29) is 16.8 Å². The monoisotopic (exact) mass is 491 g/mol. The maximum Gasteiger partial charge on any atom is 0.339 e. The predicted octanol–water partition coefficient (Wildman–Crippen LogP) is 7.93. The third-order valence-electron chi connectivity index (χ3n) is 6.09. The minimum absolute atomic E-state index is 0.00694. The molecule has 3 nitrogen and oxygen atoms in total. The summed E-state index contributed by atoms with van der Waals surface area (Å²) < 4.78 is 8.37. The fourth-order valence-electron chi connectivity index (χ4n) is 4.33. The summed E-state index contributed by atoms with van der Waals surface area (Å²) >= 11 is 3.96. The largest absolute Gasteiger partial charge is 0.465 e. The molecule has 1 heterocycles. The van der Waals surface area contributed by atoms with Crippen LogP contribution >= 0.6 is 15.9 Å². The number of hydrogen-bond donors (Lipinski definition) is 0. The summed E-state index contributed by atoms with van der Waals surface area (Å²) in [7, 11) is 1.42. The van der Waals surface area contributed by atoms with Gasteiger partial charge in [0.15, 0.2) is 0 Å². The molecule has 1 aromatic heterocycles. The molecule has 0 radical (unpaired) electrons. The van der Waals surface area contributed by atoms with E-state index in [1.165, 1.54) is 23.6 Å². The van der Waals surface area contributed by atoms with Crippen molar-refractivity contribution in [3.63, 3.8) is 0 Å². The molecule has 0 bridgehead atoms. The smallest absolute Gasteiger partial charge is 0.339 e. The van der Waals surface area contributed by atoms with Crippen LogP contribution in [0.25, 0.3) is 27.5 Å². The lowest BCUT2D eigenvalue weighted by atomic mass is 9.85. The Morgan fingerprint density at radius 2 is 1.53 bits per heavy atom. The number of fused-ring (bicyclic) bond motifs is 3. The first-order valence-electron chi connectivity index (χ1n) is 10.9. The van der Waals surface area contributed by atoms with Crippen LogP contribution < -0.4 is 0 Å². The van der Waals surface area contributed by atoms with Crippen LogP contribution in [0.15, 0.2) is 59.1 Å². The van der Waals surface area contributed by atoms with Gasteiger partial charge in [-0.1, -0.05) is 65.8 Å². The van der Waals surface area contributed by atoms with Crippen LogP contribution in [0.2, 0.25) is 0 Å². The highest BCUT2D eigenvalue weighted by atomic mass is 79.9. The Balaban J connectivity index is 2.20. The van der Waals surface area contributed by atoms with E-state index < -0.39 is 0 Å². The zero-order valence-electron chi connectivity index (χ0n) is 19.8. The summed E-state index contributed by atoms with van der Waals surface area (Å²) in [4.78, 5) is 12.6. The first-order valence-corrected chi connectivity index (χ1v) is 11.7. The summed E-state index contributed by atoms with van der Waals surface area (Å²) in [6, 6.07) is 18.7. The molecule has 0 aliphatic heterocycles. The number of methoxy groups -OCH3 is 1. The number of halogens is 1. The number of esters is 1. The highest BCUT2D eigenvalue weighted by Crippen LogP contribution is 2.43. The van der Waals surface area contributed by atoms with Gasteiger partial charge in [-0.15, -0.1) is 0 Å². The molecule has 0 spiro atoms. The van der Waals surface area contributed by atoms with E-state index in [2.05, 4.69) is 92.4 Å². The van der Waals surface area contributed by atoms with Gasteiger partial charge in [0.1, 0.15) is 0 Å². The van der Waals surface area contributed by atoms with Gasteiger partial charge in [-0.2, -0.15) is 0 Å². The fourth-order valence-corrected chi connectivity index (χ4v) is 5.47. The van der Waals surface area contributed by atoms with Crippen molar-refractivity contribution >= 4 is 43.7 Å². The van der Waals surface area contributed by atoms with Gasteiger partial charge in [-0.25, -0.2) is 4.79 Å². The normalized spacial score (nSPS) is 12.5. The van der Waals surface area contributed by atoms with Crippen LogP contribution in [0.5, 0.6) is 0 Å². The van der Waals surface area contributed by atoms with Gasteiger partial charge in [-0.3, -0.25) is 0 Å². The highest BCUT2D eigenvalue weighted by molar-refractivity contribution is 9.10. The van der Waals surface area contributed by atoms with Crippen molar-refractivity contribution < 1.29 is 9.53 Å². The van der Waals surface area contributed by atoms with E-state index in [0.717, 1.165) is 26.6 Å².